The molecule has 6 rings (SSSR count). The van der Waals surface area contributed by atoms with E-state index in [2.05, 4.69) is 23.5 Å². The molecule has 49 heavy (non-hydrogen) atoms. The quantitative estimate of drug-likeness (QED) is 0.0407. The minimum atomic E-state index is -0.565. The van der Waals surface area contributed by atoms with Crippen molar-refractivity contribution in [3.63, 3.8) is 0 Å². The standard InChI is InChI=1S/C38H39N3O6S2/c42-23-25-13-15-27(16-14-25)33-21-30(24-48-38-40-32-9-3-4-10-34(32)49-38)46-37(47-33)28-19-17-26(18-20-28)31-8-2-1-7-29(31)22-39-35(43)11-5-6-12-36(44)41-45/h1-4,7-10,13-20,30,33,37,42,45H,5-6,11-12,21-24H2,(H,39,43)(H,41,44)/t30-,33+,37+/m0/s1. The second-order valence-corrected chi connectivity index (χ2v) is 14.2. The van der Waals surface area contributed by atoms with Crippen LogP contribution in [0, 0.1) is 0 Å². The van der Waals surface area contributed by atoms with E-state index in [-0.39, 0.29) is 31.1 Å². The number of thiazole rings is 1. The lowest BCUT2D eigenvalue weighted by Crippen LogP contribution is -2.31. The summed E-state index contributed by atoms with van der Waals surface area (Å²) in [4.78, 5) is 28.4. The molecule has 0 saturated carbocycles. The van der Waals surface area contributed by atoms with Crippen LogP contribution in [-0.4, -0.2) is 39.0 Å². The highest BCUT2D eigenvalue weighted by Crippen LogP contribution is 2.40. The lowest BCUT2D eigenvalue weighted by Gasteiger charge is -2.36. The van der Waals surface area contributed by atoms with Gasteiger partial charge in [0, 0.05) is 37.1 Å². The summed E-state index contributed by atoms with van der Waals surface area (Å²) in [5, 5.41) is 21.1. The summed E-state index contributed by atoms with van der Waals surface area (Å²) in [6.45, 7) is 0.377. The first-order valence-electron chi connectivity index (χ1n) is 16.4. The van der Waals surface area contributed by atoms with E-state index in [9.17, 15) is 14.7 Å². The summed E-state index contributed by atoms with van der Waals surface area (Å²) in [6, 6.07) is 32.2. The Bertz CT molecular complexity index is 1810. The van der Waals surface area contributed by atoms with E-state index in [1.54, 1.807) is 28.6 Å². The highest BCUT2D eigenvalue weighted by molar-refractivity contribution is 8.01. The Labute approximate surface area is 293 Å². The van der Waals surface area contributed by atoms with Gasteiger partial charge in [-0.2, -0.15) is 0 Å². The second kappa shape index (κ2) is 17.0. The molecule has 1 aliphatic rings. The number of carbonyl (C=O) groups excluding carboxylic acids is 2. The zero-order chi connectivity index (χ0) is 34.0. The number of nitrogens with one attached hydrogen (secondary N) is 2. The predicted octanol–water partition coefficient (Wildman–Crippen LogP) is 7.48. The number of unbranched alkanes of at least 4 members (excludes halogenated alkanes) is 1. The number of hydrogen-bond acceptors (Lipinski definition) is 9. The monoisotopic (exact) mass is 697 g/mol. The molecule has 1 saturated heterocycles. The van der Waals surface area contributed by atoms with Gasteiger partial charge in [0.05, 0.1) is 29.0 Å². The number of rotatable bonds is 14. The van der Waals surface area contributed by atoms with Crippen LogP contribution in [-0.2, 0) is 32.2 Å². The number of nitrogens with zero attached hydrogens (tertiary/aromatic N) is 1. The third-order valence-corrected chi connectivity index (χ3v) is 10.8. The Balaban J connectivity index is 1.13. The molecular weight excluding hydrogens is 659 g/mol. The van der Waals surface area contributed by atoms with Gasteiger partial charge in [0.2, 0.25) is 11.8 Å². The van der Waals surface area contributed by atoms with Crippen molar-refractivity contribution < 1.29 is 29.4 Å². The van der Waals surface area contributed by atoms with Gasteiger partial charge >= 0.3 is 0 Å². The lowest BCUT2D eigenvalue weighted by atomic mass is 9.97. The Hall–Kier alpha value is -4.10. The highest BCUT2D eigenvalue weighted by Gasteiger charge is 2.32. The summed E-state index contributed by atoms with van der Waals surface area (Å²) < 4.78 is 15.3. The molecule has 3 atom stereocenters. The van der Waals surface area contributed by atoms with E-state index < -0.39 is 12.2 Å². The van der Waals surface area contributed by atoms with Crippen LogP contribution in [0.5, 0.6) is 0 Å². The van der Waals surface area contributed by atoms with Crippen LogP contribution in [0.4, 0.5) is 0 Å². The van der Waals surface area contributed by atoms with Gasteiger partial charge in [0.1, 0.15) is 0 Å². The number of para-hydroxylation sites is 1. The summed E-state index contributed by atoms with van der Waals surface area (Å²) in [7, 11) is 0. The molecule has 4 N–H and O–H groups in total. The fraction of sp³-hybridized carbons (Fsp3) is 0.289. The topological polar surface area (TPSA) is 130 Å². The number of hydrogen-bond donors (Lipinski definition) is 4. The molecule has 11 heteroatoms. The van der Waals surface area contributed by atoms with Crippen molar-refractivity contribution in [2.24, 2.45) is 0 Å². The smallest absolute Gasteiger partial charge is 0.243 e. The minimum absolute atomic E-state index is 0.00574. The van der Waals surface area contributed by atoms with Crippen LogP contribution in [0.3, 0.4) is 0 Å². The zero-order valence-electron chi connectivity index (χ0n) is 26.9. The summed E-state index contributed by atoms with van der Waals surface area (Å²) in [5.74, 6) is 0.201. The highest BCUT2D eigenvalue weighted by atomic mass is 32.2. The number of fused-ring (bicyclic) bond motifs is 1. The molecular formula is C38H39N3O6S2. The molecule has 0 unspecified atom stereocenters. The molecule has 254 valence electrons. The van der Waals surface area contributed by atoms with Gasteiger partial charge in [-0.05, 0) is 52.8 Å². The zero-order valence-corrected chi connectivity index (χ0v) is 28.6. The predicted molar refractivity (Wildman–Crippen MR) is 191 cm³/mol. The molecule has 1 fully saturated rings. The fourth-order valence-electron chi connectivity index (χ4n) is 5.78. The van der Waals surface area contributed by atoms with Gasteiger partial charge in [-0.1, -0.05) is 96.7 Å². The van der Waals surface area contributed by atoms with Crippen molar-refractivity contribution in [1.29, 1.82) is 0 Å². The number of hydroxylamine groups is 1. The summed E-state index contributed by atoms with van der Waals surface area (Å²) >= 11 is 3.40. The largest absolute Gasteiger partial charge is 0.392 e. The molecule has 9 nitrogen and oxygen atoms in total. The SMILES string of the molecule is O=C(CCCCC(=O)NCc1ccccc1-c1ccc([C@@H]2O[C@H](CSc3nc4ccccc4s3)C[C@H](c3ccc(CO)cc3)O2)cc1)NO. The Morgan fingerprint density at radius 2 is 1.57 bits per heavy atom. The van der Waals surface area contributed by atoms with E-state index in [0.717, 1.165) is 49.0 Å². The molecule has 1 aromatic heterocycles. The fourth-order valence-corrected chi connectivity index (χ4v) is 7.90. The number of carbonyl (C=O) groups is 2. The van der Waals surface area contributed by atoms with Crippen LogP contribution in [0.2, 0.25) is 0 Å². The molecule has 2 heterocycles. The second-order valence-electron chi connectivity index (χ2n) is 11.9. The Kier molecular flexibility index (Phi) is 12.1. The molecule has 5 aromatic rings. The first kappa shape index (κ1) is 34.8. The van der Waals surface area contributed by atoms with Crippen molar-refractivity contribution in [3.05, 3.63) is 119 Å². The van der Waals surface area contributed by atoms with E-state index in [1.807, 2.05) is 78.9 Å². The first-order chi connectivity index (χ1) is 24.0. The van der Waals surface area contributed by atoms with Gasteiger partial charge in [0.25, 0.3) is 0 Å². The number of aromatic nitrogens is 1. The van der Waals surface area contributed by atoms with Crippen molar-refractivity contribution in [3.8, 4) is 11.1 Å². The van der Waals surface area contributed by atoms with Gasteiger partial charge < -0.3 is 19.9 Å². The molecule has 0 aliphatic carbocycles. The Morgan fingerprint density at radius 3 is 2.33 bits per heavy atom. The van der Waals surface area contributed by atoms with Gasteiger partial charge in [-0.3, -0.25) is 14.8 Å². The number of ether oxygens (including phenoxy) is 2. The van der Waals surface area contributed by atoms with Crippen LogP contribution >= 0.6 is 23.1 Å². The van der Waals surface area contributed by atoms with E-state index in [4.69, 9.17) is 19.7 Å². The van der Waals surface area contributed by atoms with E-state index >= 15 is 0 Å². The van der Waals surface area contributed by atoms with E-state index in [0.29, 0.717) is 32.2 Å². The van der Waals surface area contributed by atoms with Crippen molar-refractivity contribution >= 4 is 45.1 Å². The summed E-state index contributed by atoms with van der Waals surface area (Å²) in [5.41, 5.74) is 8.46. The van der Waals surface area contributed by atoms with Crippen molar-refractivity contribution in [2.75, 3.05) is 5.75 Å². The lowest BCUT2D eigenvalue weighted by molar-refractivity contribution is -0.245. The molecule has 0 spiro atoms. The number of benzene rings is 4. The molecule has 1 aliphatic heterocycles. The minimum Gasteiger partial charge on any atom is -0.392 e. The van der Waals surface area contributed by atoms with Crippen molar-refractivity contribution in [2.45, 2.75) is 68.1 Å². The van der Waals surface area contributed by atoms with Gasteiger partial charge in [-0.25, -0.2) is 10.5 Å². The molecule has 4 aromatic carbocycles. The number of thioether (sulfide) groups is 1. The normalized spacial score (nSPS) is 17.6. The third-order valence-electron chi connectivity index (χ3n) is 8.45. The number of amides is 2. The van der Waals surface area contributed by atoms with Gasteiger partial charge in [-0.15, -0.1) is 11.3 Å². The van der Waals surface area contributed by atoms with Crippen LogP contribution in [0.25, 0.3) is 21.3 Å². The van der Waals surface area contributed by atoms with Gasteiger partial charge in [0.15, 0.2) is 10.6 Å². The van der Waals surface area contributed by atoms with Crippen LogP contribution < -0.4 is 10.8 Å². The maximum atomic E-state index is 12.4. The first-order valence-corrected chi connectivity index (χ1v) is 18.2. The maximum Gasteiger partial charge on any atom is 0.243 e. The molecule has 0 bridgehead atoms. The van der Waals surface area contributed by atoms with Crippen molar-refractivity contribution in [1.82, 2.24) is 15.8 Å². The average molecular weight is 698 g/mol. The average Bonchev–Trinajstić information content (AvgIpc) is 3.58. The van der Waals surface area contributed by atoms with E-state index in [1.165, 1.54) is 4.70 Å². The Morgan fingerprint density at radius 1 is 0.857 bits per heavy atom. The number of aliphatic hydroxyl groups excluding tert-OH is 1. The molecule has 0 radical (unpaired) electrons. The molecule has 2 amide bonds. The van der Waals surface area contributed by atoms with Crippen LogP contribution in [0.15, 0.2) is 101 Å². The third kappa shape index (κ3) is 9.33. The number of aliphatic hydroxyl groups is 1. The van der Waals surface area contributed by atoms with Crippen LogP contribution in [0.1, 0.15) is 66.8 Å². The summed E-state index contributed by atoms with van der Waals surface area (Å²) in [6.07, 6.45) is 1.45. The maximum absolute atomic E-state index is 12.4.